The number of hydrogen-bond donors (Lipinski definition) is 1. The first-order chi connectivity index (χ1) is 7.92. The normalized spacial score (nSPS) is 16.1. The van der Waals surface area contributed by atoms with Gasteiger partial charge in [0.1, 0.15) is 0 Å². The molecule has 0 aliphatic heterocycles. The smallest absolute Gasteiger partial charge is 0.0953 e. The summed E-state index contributed by atoms with van der Waals surface area (Å²) in [5, 5.41) is 3.27. The Labute approximate surface area is 96.3 Å². The molecule has 1 heterocycles. The van der Waals surface area contributed by atoms with E-state index in [1.165, 1.54) is 18.5 Å². The van der Waals surface area contributed by atoms with Gasteiger partial charge in [0.15, 0.2) is 0 Å². The standard InChI is InChI=1S/C12H19N3O/c1-16-8-7-13-6-2-3-12-9-14-10-15(12)11-4-5-11/h2-3,9-11,13H,4-8H2,1H3. The highest BCUT2D eigenvalue weighted by molar-refractivity contribution is 5.44. The highest BCUT2D eigenvalue weighted by atomic mass is 16.5. The van der Waals surface area contributed by atoms with Gasteiger partial charge in [-0.25, -0.2) is 4.98 Å². The molecule has 0 spiro atoms. The molecule has 88 valence electrons. The summed E-state index contributed by atoms with van der Waals surface area (Å²) in [4.78, 5) is 4.18. The largest absolute Gasteiger partial charge is 0.383 e. The van der Waals surface area contributed by atoms with Crippen LogP contribution in [-0.2, 0) is 4.74 Å². The monoisotopic (exact) mass is 221 g/mol. The molecule has 0 radical (unpaired) electrons. The number of imidazole rings is 1. The molecule has 1 aliphatic carbocycles. The summed E-state index contributed by atoms with van der Waals surface area (Å²) in [5.41, 5.74) is 1.20. The topological polar surface area (TPSA) is 39.1 Å². The average Bonchev–Trinajstić information content (AvgIpc) is 3.04. The van der Waals surface area contributed by atoms with E-state index in [0.29, 0.717) is 6.04 Å². The van der Waals surface area contributed by atoms with Crippen molar-refractivity contribution < 1.29 is 4.74 Å². The van der Waals surface area contributed by atoms with Crippen LogP contribution in [-0.4, -0.2) is 36.4 Å². The Morgan fingerprint density at radius 2 is 2.50 bits per heavy atom. The van der Waals surface area contributed by atoms with Crippen LogP contribution >= 0.6 is 0 Å². The molecule has 1 aliphatic rings. The molecule has 1 fully saturated rings. The molecule has 0 bridgehead atoms. The van der Waals surface area contributed by atoms with Crippen molar-refractivity contribution in [1.29, 1.82) is 0 Å². The zero-order chi connectivity index (χ0) is 11.2. The Balaban J connectivity index is 1.75. The van der Waals surface area contributed by atoms with E-state index in [2.05, 4.69) is 27.0 Å². The molecule has 16 heavy (non-hydrogen) atoms. The fourth-order valence-corrected chi connectivity index (χ4v) is 1.64. The Morgan fingerprint density at radius 3 is 3.25 bits per heavy atom. The fraction of sp³-hybridized carbons (Fsp3) is 0.583. The van der Waals surface area contributed by atoms with E-state index in [-0.39, 0.29) is 0 Å². The molecule has 2 rings (SSSR count). The van der Waals surface area contributed by atoms with Gasteiger partial charge in [0.25, 0.3) is 0 Å². The second-order valence-corrected chi connectivity index (χ2v) is 4.06. The van der Waals surface area contributed by atoms with Gasteiger partial charge in [0, 0.05) is 26.2 Å². The first-order valence-electron chi connectivity index (χ1n) is 5.80. The van der Waals surface area contributed by atoms with Crippen molar-refractivity contribution in [3.05, 3.63) is 24.3 Å². The van der Waals surface area contributed by atoms with E-state index < -0.39 is 0 Å². The third-order valence-corrected chi connectivity index (χ3v) is 2.67. The number of nitrogens with one attached hydrogen (secondary N) is 1. The highest BCUT2D eigenvalue weighted by Gasteiger charge is 2.24. The van der Waals surface area contributed by atoms with Gasteiger partial charge in [-0.05, 0) is 18.9 Å². The van der Waals surface area contributed by atoms with Crippen molar-refractivity contribution >= 4 is 6.08 Å². The summed E-state index contributed by atoms with van der Waals surface area (Å²) in [7, 11) is 1.71. The minimum atomic E-state index is 0.698. The highest BCUT2D eigenvalue weighted by Crippen LogP contribution is 2.35. The Bertz CT molecular complexity index is 342. The molecule has 1 aromatic rings. The van der Waals surface area contributed by atoms with Crippen LogP contribution in [0.15, 0.2) is 18.6 Å². The maximum Gasteiger partial charge on any atom is 0.0953 e. The lowest BCUT2D eigenvalue weighted by Gasteiger charge is -2.02. The van der Waals surface area contributed by atoms with Gasteiger partial charge < -0.3 is 14.6 Å². The van der Waals surface area contributed by atoms with E-state index in [1.807, 2.05) is 12.5 Å². The molecule has 0 atom stereocenters. The van der Waals surface area contributed by atoms with Gasteiger partial charge in [0.05, 0.1) is 24.8 Å². The summed E-state index contributed by atoms with van der Waals surface area (Å²) < 4.78 is 7.21. The Kier molecular flexibility index (Phi) is 4.13. The minimum Gasteiger partial charge on any atom is -0.383 e. The van der Waals surface area contributed by atoms with Gasteiger partial charge >= 0.3 is 0 Å². The number of aromatic nitrogens is 2. The van der Waals surface area contributed by atoms with E-state index >= 15 is 0 Å². The van der Waals surface area contributed by atoms with Gasteiger partial charge in [-0.15, -0.1) is 0 Å². The molecule has 1 saturated carbocycles. The molecule has 0 unspecified atom stereocenters. The van der Waals surface area contributed by atoms with Gasteiger partial charge in [0.2, 0.25) is 0 Å². The van der Waals surface area contributed by atoms with E-state index in [9.17, 15) is 0 Å². The molecule has 4 nitrogen and oxygen atoms in total. The second kappa shape index (κ2) is 5.82. The van der Waals surface area contributed by atoms with E-state index in [1.54, 1.807) is 7.11 Å². The minimum absolute atomic E-state index is 0.698. The Hall–Kier alpha value is -1.13. The van der Waals surface area contributed by atoms with Crippen molar-refractivity contribution in [1.82, 2.24) is 14.9 Å². The average molecular weight is 221 g/mol. The third kappa shape index (κ3) is 3.18. The summed E-state index contributed by atoms with van der Waals surface area (Å²) in [6, 6.07) is 0.698. The van der Waals surface area contributed by atoms with Crippen LogP contribution in [0.5, 0.6) is 0 Å². The fourth-order valence-electron chi connectivity index (χ4n) is 1.64. The van der Waals surface area contributed by atoms with Crippen LogP contribution in [0.4, 0.5) is 0 Å². The number of methoxy groups -OCH3 is 1. The molecular weight excluding hydrogens is 202 g/mol. The first kappa shape index (κ1) is 11.4. The molecular formula is C12H19N3O. The second-order valence-electron chi connectivity index (χ2n) is 4.06. The van der Waals surface area contributed by atoms with Gasteiger partial charge in [-0.2, -0.15) is 0 Å². The van der Waals surface area contributed by atoms with Crippen LogP contribution in [0.3, 0.4) is 0 Å². The van der Waals surface area contributed by atoms with Crippen molar-refractivity contribution in [2.24, 2.45) is 0 Å². The molecule has 1 aromatic heterocycles. The lowest BCUT2D eigenvalue weighted by atomic mass is 10.4. The first-order valence-corrected chi connectivity index (χ1v) is 5.80. The maximum atomic E-state index is 4.95. The van der Waals surface area contributed by atoms with Crippen LogP contribution in [0.25, 0.3) is 6.08 Å². The maximum absolute atomic E-state index is 4.95. The predicted molar refractivity (Wildman–Crippen MR) is 64.3 cm³/mol. The zero-order valence-electron chi connectivity index (χ0n) is 9.72. The van der Waals surface area contributed by atoms with Crippen LogP contribution in [0.2, 0.25) is 0 Å². The molecule has 0 saturated heterocycles. The van der Waals surface area contributed by atoms with E-state index in [4.69, 9.17) is 4.74 Å². The lowest BCUT2D eigenvalue weighted by Crippen LogP contribution is -2.18. The molecule has 0 aromatic carbocycles. The van der Waals surface area contributed by atoms with Crippen LogP contribution in [0.1, 0.15) is 24.6 Å². The van der Waals surface area contributed by atoms with Gasteiger partial charge in [-0.3, -0.25) is 0 Å². The van der Waals surface area contributed by atoms with Crippen LogP contribution in [0, 0.1) is 0 Å². The number of rotatable bonds is 7. The summed E-state index contributed by atoms with van der Waals surface area (Å²) in [6.45, 7) is 2.52. The third-order valence-electron chi connectivity index (χ3n) is 2.67. The summed E-state index contributed by atoms with van der Waals surface area (Å²) >= 11 is 0. The number of ether oxygens (including phenoxy) is 1. The van der Waals surface area contributed by atoms with Gasteiger partial charge in [-0.1, -0.05) is 6.08 Å². The van der Waals surface area contributed by atoms with Crippen molar-refractivity contribution in [3.63, 3.8) is 0 Å². The lowest BCUT2D eigenvalue weighted by molar-refractivity contribution is 0.200. The summed E-state index contributed by atoms with van der Waals surface area (Å²) in [6.07, 6.45) is 10.7. The quantitative estimate of drug-likeness (QED) is 0.709. The SMILES string of the molecule is COCCNCC=Cc1cncn1C1CC1. The van der Waals surface area contributed by atoms with Crippen molar-refractivity contribution in [2.45, 2.75) is 18.9 Å². The van der Waals surface area contributed by atoms with Crippen molar-refractivity contribution in [3.8, 4) is 0 Å². The van der Waals surface area contributed by atoms with Crippen LogP contribution < -0.4 is 5.32 Å². The van der Waals surface area contributed by atoms with E-state index in [0.717, 1.165) is 19.7 Å². The van der Waals surface area contributed by atoms with Crippen molar-refractivity contribution in [2.75, 3.05) is 26.8 Å². The number of nitrogens with zero attached hydrogens (tertiary/aromatic N) is 2. The predicted octanol–water partition coefficient (Wildman–Crippen LogP) is 1.47. The molecule has 0 amide bonds. The molecule has 1 N–H and O–H groups in total. The molecule has 4 heteroatoms. The zero-order valence-corrected chi connectivity index (χ0v) is 9.72. The number of hydrogen-bond acceptors (Lipinski definition) is 3. The summed E-state index contributed by atoms with van der Waals surface area (Å²) in [5.74, 6) is 0. The Morgan fingerprint density at radius 1 is 1.62 bits per heavy atom.